The van der Waals surface area contributed by atoms with E-state index in [9.17, 15) is 9.90 Å². The number of methoxy groups -OCH3 is 1. The van der Waals surface area contributed by atoms with Crippen LogP contribution in [0.15, 0.2) is 42.5 Å². The summed E-state index contributed by atoms with van der Waals surface area (Å²) < 4.78 is 5.17. The predicted octanol–water partition coefficient (Wildman–Crippen LogP) is 3.16. The molecule has 2 aromatic carbocycles. The molecule has 0 fully saturated rings. The van der Waals surface area contributed by atoms with E-state index in [0.717, 1.165) is 11.1 Å². The number of hydrogen-bond donors (Lipinski definition) is 3. The molecule has 0 aliphatic carbocycles. The van der Waals surface area contributed by atoms with Gasteiger partial charge in [0.2, 0.25) is 0 Å². The van der Waals surface area contributed by atoms with E-state index in [-0.39, 0.29) is 12.6 Å². The molecule has 0 spiro atoms. The first-order valence-electron chi connectivity index (χ1n) is 6.70. The number of benzene rings is 2. The second-order valence-electron chi connectivity index (χ2n) is 4.56. The number of halogens is 1. The van der Waals surface area contributed by atoms with E-state index in [1.54, 1.807) is 18.2 Å². The lowest BCUT2D eigenvalue weighted by Crippen LogP contribution is -2.28. The fourth-order valence-electron chi connectivity index (χ4n) is 2.04. The van der Waals surface area contributed by atoms with Crippen molar-refractivity contribution in [3.05, 3.63) is 58.6 Å². The van der Waals surface area contributed by atoms with Crippen LogP contribution in [0, 0.1) is 0 Å². The largest absolute Gasteiger partial charge is 0.493 e. The molecule has 3 N–H and O–H groups in total. The number of carbonyl (C=O) groups is 1. The number of amides is 2. The monoisotopic (exact) mass is 320 g/mol. The van der Waals surface area contributed by atoms with Gasteiger partial charge >= 0.3 is 6.03 Å². The highest BCUT2D eigenvalue weighted by Crippen LogP contribution is 2.32. The fourth-order valence-corrected chi connectivity index (χ4v) is 2.29. The Bertz CT molecular complexity index is 662. The van der Waals surface area contributed by atoms with E-state index in [1.165, 1.54) is 7.11 Å². The quantitative estimate of drug-likeness (QED) is 0.792. The molecule has 6 heteroatoms. The number of rotatable bonds is 5. The van der Waals surface area contributed by atoms with Crippen LogP contribution >= 0.6 is 11.6 Å². The number of hydrogen-bond acceptors (Lipinski definition) is 3. The molecule has 116 valence electrons. The van der Waals surface area contributed by atoms with E-state index in [0.29, 0.717) is 23.0 Å². The van der Waals surface area contributed by atoms with Crippen LogP contribution in [-0.2, 0) is 13.2 Å². The van der Waals surface area contributed by atoms with Crippen molar-refractivity contribution in [2.24, 2.45) is 0 Å². The molecule has 0 radical (unpaired) electrons. The van der Waals surface area contributed by atoms with Gasteiger partial charge in [-0.05, 0) is 23.3 Å². The Kier molecular flexibility index (Phi) is 5.63. The van der Waals surface area contributed by atoms with Crippen LogP contribution in [0.2, 0.25) is 5.02 Å². The van der Waals surface area contributed by atoms with Gasteiger partial charge in [0, 0.05) is 6.54 Å². The summed E-state index contributed by atoms with van der Waals surface area (Å²) in [5.74, 6) is 0.412. The van der Waals surface area contributed by atoms with E-state index < -0.39 is 0 Å². The minimum absolute atomic E-state index is 0.0679. The number of urea groups is 1. The molecule has 0 heterocycles. The van der Waals surface area contributed by atoms with Crippen molar-refractivity contribution in [2.75, 3.05) is 12.4 Å². The van der Waals surface area contributed by atoms with E-state index in [4.69, 9.17) is 16.3 Å². The number of carbonyl (C=O) groups excluding carboxylic acids is 1. The molecule has 5 nitrogen and oxygen atoms in total. The van der Waals surface area contributed by atoms with Crippen molar-refractivity contribution in [2.45, 2.75) is 13.2 Å². The summed E-state index contributed by atoms with van der Waals surface area (Å²) in [5, 5.41) is 15.1. The molecule has 2 aromatic rings. The number of para-hydroxylation sites is 1. The van der Waals surface area contributed by atoms with Gasteiger partial charge in [-0.15, -0.1) is 0 Å². The third-order valence-corrected chi connectivity index (χ3v) is 3.45. The molecular weight excluding hydrogens is 304 g/mol. The lowest BCUT2D eigenvalue weighted by Gasteiger charge is -2.13. The van der Waals surface area contributed by atoms with E-state index in [2.05, 4.69) is 10.6 Å². The first-order chi connectivity index (χ1) is 10.7. The molecule has 0 atom stereocenters. The summed E-state index contributed by atoms with van der Waals surface area (Å²) in [6.07, 6.45) is 0. The summed E-state index contributed by atoms with van der Waals surface area (Å²) in [6, 6.07) is 12.1. The van der Waals surface area contributed by atoms with Crippen molar-refractivity contribution in [1.29, 1.82) is 0 Å². The van der Waals surface area contributed by atoms with Crippen LogP contribution in [-0.4, -0.2) is 18.2 Å². The van der Waals surface area contributed by atoms with Gasteiger partial charge in [-0.3, -0.25) is 0 Å². The van der Waals surface area contributed by atoms with Crippen molar-refractivity contribution in [3.63, 3.8) is 0 Å². The summed E-state index contributed by atoms with van der Waals surface area (Å²) in [5.41, 5.74) is 2.13. The fraction of sp³-hybridized carbons (Fsp3) is 0.188. The highest BCUT2D eigenvalue weighted by atomic mass is 35.5. The Morgan fingerprint density at radius 1 is 1.18 bits per heavy atom. The normalized spacial score (nSPS) is 10.1. The molecule has 0 aromatic heterocycles. The van der Waals surface area contributed by atoms with Gasteiger partial charge in [-0.1, -0.05) is 41.9 Å². The van der Waals surface area contributed by atoms with Gasteiger partial charge in [0.25, 0.3) is 0 Å². The summed E-state index contributed by atoms with van der Waals surface area (Å²) in [7, 11) is 1.49. The third-order valence-electron chi connectivity index (χ3n) is 3.15. The zero-order valence-corrected chi connectivity index (χ0v) is 12.9. The van der Waals surface area contributed by atoms with Gasteiger partial charge < -0.3 is 20.5 Å². The average molecular weight is 321 g/mol. The Morgan fingerprint density at radius 3 is 2.59 bits per heavy atom. The maximum absolute atomic E-state index is 12.0. The minimum Gasteiger partial charge on any atom is -0.493 e. The van der Waals surface area contributed by atoms with Crippen molar-refractivity contribution < 1.29 is 14.6 Å². The van der Waals surface area contributed by atoms with Crippen molar-refractivity contribution in [3.8, 4) is 5.75 Å². The Labute approximate surface area is 133 Å². The molecule has 0 aliphatic rings. The first-order valence-corrected chi connectivity index (χ1v) is 7.08. The third kappa shape index (κ3) is 3.90. The highest BCUT2D eigenvalue weighted by Gasteiger charge is 2.10. The second kappa shape index (κ2) is 7.68. The Balaban J connectivity index is 2.01. The zero-order chi connectivity index (χ0) is 15.9. The standard InChI is InChI=1S/C16H17ClN2O3/c1-22-15-13(17)7-4-8-14(15)19-16(21)18-9-11-5-2-3-6-12(11)10-20/h2-8,20H,9-10H2,1H3,(H2,18,19,21). The van der Waals surface area contributed by atoms with Crippen LogP contribution in [0.25, 0.3) is 0 Å². The van der Waals surface area contributed by atoms with Gasteiger partial charge in [-0.2, -0.15) is 0 Å². The number of aliphatic hydroxyl groups is 1. The number of ether oxygens (including phenoxy) is 1. The number of anilines is 1. The Hall–Kier alpha value is -2.24. The summed E-state index contributed by atoms with van der Waals surface area (Å²) >= 11 is 6.00. The highest BCUT2D eigenvalue weighted by molar-refractivity contribution is 6.32. The van der Waals surface area contributed by atoms with Crippen LogP contribution in [0.3, 0.4) is 0 Å². The maximum Gasteiger partial charge on any atom is 0.319 e. The summed E-state index contributed by atoms with van der Waals surface area (Å²) in [4.78, 5) is 12.0. The molecular formula is C16H17ClN2O3. The molecule has 0 aliphatic heterocycles. The topological polar surface area (TPSA) is 70.6 Å². The van der Waals surface area contributed by atoms with Gasteiger partial charge in [-0.25, -0.2) is 4.79 Å². The molecule has 0 bridgehead atoms. The second-order valence-corrected chi connectivity index (χ2v) is 4.96. The SMILES string of the molecule is COc1c(Cl)cccc1NC(=O)NCc1ccccc1CO. The lowest BCUT2D eigenvalue weighted by molar-refractivity contribution is 0.251. The van der Waals surface area contributed by atoms with E-state index >= 15 is 0 Å². The molecule has 0 saturated carbocycles. The van der Waals surface area contributed by atoms with Crippen LogP contribution < -0.4 is 15.4 Å². The smallest absolute Gasteiger partial charge is 0.319 e. The molecule has 2 amide bonds. The lowest BCUT2D eigenvalue weighted by atomic mass is 10.1. The van der Waals surface area contributed by atoms with E-state index in [1.807, 2.05) is 24.3 Å². The number of nitrogens with one attached hydrogen (secondary N) is 2. The molecule has 22 heavy (non-hydrogen) atoms. The van der Waals surface area contributed by atoms with Crippen molar-refractivity contribution >= 4 is 23.3 Å². The molecule has 0 unspecified atom stereocenters. The zero-order valence-electron chi connectivity index (χ0n) is 12.1. The summed E-state index contributed by atoms with van der Waals surface area (Å²) in [6.45, 7) is 0.243. The number of aliphatic hydroxyl groups excluding tert-OH is 1. The Morgan fingerprint density at radius 2 is 1.91 bits per heavy atom. The van der Waals surface area contributed by atoms with Gasteiger partial charge in [0.1, 0.15) is 0 Å². The van der Waals surface area contributed by atoms with Crippen LogP contribution in [0.1, 0.15) is 11.1 Å². The van der Waals surface area contributed by atoms with Crippen LogP contribution in [0.5, 0.6) is 5.75 Å². The first kappa shape index (κ1) is 16.1. The molecule has 0 saturated heterocycles. The predicted molar refractivity (Wildman–Crippen MR) is 86.2 cm³/mol. The van der Waals surface area contributed by atoms with Gasteiger partial charge in [0.05, 0.1) is 24.4 Å². The van der Waals surface area contributed by atoms with Gasteiger partial charge in [0.15, 0.2) is 5.75 Å². The average Bonchev–Trinajstić information content (AvgIpc) is 2.53. The molecule has 2 rings (SSSR count). The minimum atomic E-state index is -0.381. The maximum atomic E-state index is 12.0. The van der Waals surface area contributed by atoms with Crippen LogP contribution in [0.4, 0.5) is 10.5 Å². The van der Waals surface area contributed by atoms with Crippen molar-refractivity contribution in [1.82, 2.24) is 5.32 Å².